The number of carbonyl (C=O) groups is 1. The third kappa shape index (κ3) is 5.10. The summed E-state index contributed by atoms with van der Waals surface area (Å²) in [7, 11) is -1.42. The van der Waals surface area contributed by atoms with E-state index in [0.29, 0.717) is 25.4 Å². The van der Waals surface area contributed by atoms with Crippen LogP contribution in [0, 0.1) is 0 Å². The number of ether oxygens (including phenoxy) is 1. The Labute approximate surface area is 123 Å². The van der Waals surface area contributed by atoms with E-state index in [0.717, 1.165) is 0 Å². The average Bonchev–Trinajstić information content (AvgIpc) is 2.82. The molecule has 1 aliphatic heterocycles. The number of amides is 1. The molecule has 21 heavy (non-hydrogen) atoms. The van der Waals surface area contributed by atoms with Crippen molar-refractivity contribution in [2.24, 2.45) is 0 Å². The van der Waals surface area contributed by atoms with Gasteiger partial charge in [0.15, 0.2) is 9.84 Å². The second-order valence-corrected chi connectivity index (χ2v) is 7.23. The normalized spacial score (nSPS) is 21.1. The second kappa shape index (κ2) is 7.01. The van der Waals surface area contributed by atoms with Gasteiger partial charge < -0.3 is 15.4 Å². The Hall–Kier alpha value is -1.45. The molecule has 2 N–H and O–H groups in total. The zero-order valence-corrected chi connectivity index (χ0v) is 12.7. The fourth-order valence-corrected chi connectivity index (χ4v) is 3.61. The highest BCUT2D eigenvalue weighted by Gasteiger charge is 2.26. The van der Waals surface area contributed by atoms with Gasteiger partial charge in [0.1, 0.15) is 0 Å². The molecule has 9 heteroatoms. The first-order valence-corrected chi connectivity index (χ1v) is 8.56. The van der Waals surface area contributed by atoms with Gasteiger partial charge in [-0.2, -0.15) is 5.10 Å². The number of anilines is 1. The molecule has 0 aliphatic carbocycles. The van der Waals surface area contributed by atoms with E-state index in [4.69, 9.17) is 4.74 Å². The number of sulfone groups is 1. The number of aromatic nitrogens is 2. The van der Waals surface area contributed by atoms with Crippen LogP contribution >= 0.6 is 0 Å². The molecule has 1 fully saturated rings. The molecule has 2 rings (SSSR count). The Morgan fingerprint density at radius 2 is 2.43 bits per heavy atom. The molecule has 8 nitrogen and oxygen atoms in total. The summed E-state index contributed by atoms with van der Waals surface area (Å²) in [5, 5.41) is 9.85. The third-order valence-electron chi connectivity index (χ3n) is 3.17. The maximum atomic E-state index is 11.9. The van der Waals surface area contributed by atoms with Gasteiger partial charge in [-0.1, -0.05) is 0 Å². The number of rotatable bonds is 6. The number of carbonyl (C=O) groups excluding carboxylic acids is 1. The Morgan fingerprint density at radius 3 is 3.14 bits per heavy atom. The van der Waals surface area contributed by atoms with Crippen LogP contribution in [0.2, 0.25) is 0 Å². The lowest BCUT2D eigenvalue weighted by atomic mass is 10.2. The monoisotopic (exact) mass is 316 g/mol. The Kier molecular flexibility index (Phi) is 5.32. The molecule has 1 unspecified atom stereocenters. The van der Waals surface area contributed by atoms with E-state index in [1.165, 1.54) is 0 Å². The molecule has 0 spiro atoms. The van der Waals surface area contributed by atoms with Crippen molar-refractivity contribution in [1.82, 2.24) is 15.1 Å². The fourth-order valence-electron chi connectivity index (χ4n) is 2.17. The van der Waals surface area contributed by atoms with E-state index >= 15 is 0 Å². The van der Waals surface area contributed by atoms with Crippen LogP contribution in [0.3, 0.4) is 0 Å². The van der Waals surface area contributed by atoms with Crippen molar-refractivity contribution >= 4 is 21.4 Å². The first kappa shape index (κ1) is 15.9. The SMILES string of the molecule is COCCn1cc(NC(=O)CC2CS(=O)(=O)CCN2)cn1. The van der Waals surface area contributed by atoms with Gasteiger partial charge in [-0.3, -0.25) is 9.48 Å². The molecule has 1 aromatic heterocycles. The Morgan fingerprint density at radius 1 is 1.62 bits per heavy atom. The van der Waals surface area contributed by atoms with Crippen molar-refractivity contribution in [2.75, 3.05) is 37.1 Å². The number of nitrogens with zero attached hydrogens (tertiary/aromatic N) is 2. The molecule has 1 aromatic rings. The van der Waals surface area contributed by atoms with E-state index in [1.807, 2.05) is 0 Å². The molecular formula is C12H20N4O4S. The van der Waals surface area contributed by atoms with Gasteiger partial charge in [0.25, 0.3) is 0 Å². The van der Waals surface area contributed by atoms with Gasteiger partial charge >= 0.3 is 0 Å². The number of hydrogen-bond acceptors (Lipinski definition) is 6. The number of nitrogens with one attached hydrogen (secondary N) is 2. The van der Waals surface area contributed by atoms with Crippen LogP contribution in [0.4, 0.5) is 5.69 Å². The molecule has 1 amide bonds. The third-order valence-corrected chi connectivity index (χ3v) is 4.91. The summed E-state index contributed by atoms with van der Waals surface area (Å²) in [6, 6.07) is -0.327. The van der Waals surface area contributed by atoms with Gasteiger partial charge in [-0.25, -0.2) is 8.42 Å². The van der Waals surface area contributed by atoms with Crippen LogP contribution in [0.1, 0.15) is 6.42 Å². The first-order chi connectivity index (χ1) is 9.98. The molecule has 1 saturated heterocycles. The molecule has 0 saturated carbocycles. The largest absolute Gasteiger partial charge is 0.383 e. The highest BCUT2D eigenvalue weighted by molar-refractivity contribution is 7.91. The standard InChI is InChI=1S/C12H20N4O4S/c1-20-4-3-16-8-11(7-14-16)15-12(17)6-10-9-21(18,19)5-2-13-10/h7-8,10,13H,2-6,9H2,1H3,(H,15,17). The fraction of sp³-hybridized carbons (Fsp3) is 0.667. The average molecular weight is 316 g/mol. The van der Waals surface area contributed by atoms with E-state index in [1.54, 1.807) is 24.2 Å². The van der Waals surface area contributed by atoms with E-state index in [9.17, 15) is 13.2 Å². The Balaban J connectivity index is 1.82. The van der Waals surface area contributed by atoms with Crippen LogP contribution in [-0.2, 0) is 25.9 Å². The maximum Gasteiger partial charge on any atom is 0.226 e. The van der Waals surface area contributed by atoms with Crippen molar-refractivity contribution in [1.29, 1.82) is 0 Å². The minimum Gasteiger partial charge on any atom is -0.383 e. The van der Waals surface area contributed by atoms with Gasteiger partial charge in [0.2, 0.25) is 5.91 Å². The van der Waals surface area contributed by atoms with Crippen LogP contribution in [0.25, 0.3) is 0 Å². The van der Waals surface area contributed by atoms with E-state index in [-0.39, 0.29) is 29.9 Å². The molecule has 1 aliphatic rings. The Bertz CT molecular complexity index is 584. The molecule has 0 aromatic carbocycles. The highest BCUT2D eigenvalue weighted by atomic mass is 32.2. The minimum atomic E-state index is -3.03. The summed E-state index contributed by atoms with van der Waals surface area (Å²) in [6.45, 7) is 1.54. The zero-order chi connectivity index (χ0) is 15.3. The van der Waals surface area contributed by atoms with E-state index in [2.05, 4.69) is 15.7 Å². The van der Waals surface area contributed by atoms with Crippen molar-refractivity contribution in [3.8, 4) is 0 Å². The predicted molar refractivity (Wildman–Crippen MR) is 77.8 cm³/mol. The van der Waals surface area contributed by atoms with Crippen molar-refractivity contribution in [3.05, 3.63) is 12.4 Å². The lowest BCUT2D eigenvalue weighted by molar-refractivity contribution is -0.116. The molecule has 0 radical (unpaired) electrons. The van der Waals surface area contributed by atoms with Gasteiger partial charge in [0, 0.05) is 32.3 Å². The van der Waals surface area contributed by atoms with Crippen LogP contribution < -0.4 is 10.6 Å². The van der Waals surface area contributed by atoms with Crippen molar-refractivity contribution < 1.29 is 17.9 Å². The highest BCUT2D eigenvalue weighted by Crippen LogP contribution is 2.09. The van der Waals surface area contributed by atoms with Gasteiger partial charge in [-0.15, -0.1) is 0 Å². The van der Waals surface area contributed by atoms with Crippen LogP contribution in [-0.4, -0.2) is 61.9 Å². The maximum absolute atomic E-state index is 11.9. The number of methoxy groups -OCH3 is 1. The first-order valence-electron chi connectivity index (χ1n) is 6.73. The van der Waals surface area contributed by atoms with Crippen molar-refractivity contribution in [3.63, 3.8) is 0 Å². The zero-order valence-electron chi connectivity index (χ0n) is 11.9. The van der Waals surface area contributed by atoms with Crippen LogP contribution in [0.5, 0.6) is 0 Å². The summed E-state index contributed by atoms with van der Waals surface area (Å²) in [4.78, 5) is 11.9. The van der Waals surface area contributed by atoms with Gasteiger partial charge in [-0.05, 0) is 0 Å². The lowest BCUT2D eigenvalue weighted by Gasteiger charge is -2.22. The summed E-state index contributed by atoms with van der Waals surface area (Å²) in [5.41, 5.74) is 0.592. The summed E-state index contributed by atoms with van der Waals surface area (Å²) in [6.07, 6.45) is 3.39. The second-order valence-electron chi connectivity index (χ2n) is 5.00. The van der Waals surface area contributed by atoms with Crippen molar-refractivity contribution in [2.45, 2.75) is 19.0 Å². The summed E-state index contributed by atoms with van der Waals surface area (Å²) >= 11 is 0. The predicted octanol–water partition coefficient (Wildman–Crippen LogP) is -0.755. The molecule has 2 heterocycles. The summed E-state index contributed by atoms with van der Waals surface area (Å²) < 4.78 is 29.6. The smallest absolute Gasteiger partial charge is 0.226 e. The number of hydrogen-bond donors (Lipinski definition) is 2. The topological polar surface area (TPSA) is 102 Å². The molecule has 118 valence electrons. The lowest BCUT2D eigenvalue weighted by Crippen LogP contribution is -2.46. The van der Waals surface area contributed by atoms with E-state index < -0.39 is 9.84 Å². The minimum absolute atomic E-state index is 0.00746. The quantitative estimate of drug-likeness (QED) is 0.715. The molecular weight excluding hydrogens is 296 g/mol. The molecule has 0 bridgehead atoms. The summed E-state index contributed by atoms with van der Waals surface area (Å²) in [5.74, 6) is -0.0823. The van der Waals surface area contributed by atoms with Gasteiger partial charge in [0.05, 0.1) is 36.5 Å². The molecule has 1 atom stereocenters. The van der Waals surface area contributed by atoms with Crippen LogP contribution in [0.15, 0.2) is 12.4 Å².